The quantitative estimate of drug-likeness (QED) is 0.751. The van der Waals surface area contributed by atoms with E-state index >= 15 is 0 Å². The first kappa shape index (κ1) is 19.6. The van der Waals surface area contributed by atoms with Gasteiger partial charge in [-0.25, -0.2) is 8.42 Å². The Morgan fingerprint density at radius 3 is 2.35 bits per heavy atom. The van der Waals surface area contributed by atoms with Gasteiger partial charge in [0, 0.05) is 12.6 Å². The van der Waals surface area contributed by atoms with Crippen LogP contribution < -0.4 is 0 Å². The zero-order valence-corrected chi connectivity index (χ0v) is 14.6. The smallest absolute Gasteiger partial charge is 0.243 e. The summed E-state index contributed by atoms with van der Waals surface area (Å²) >= 11 is 0. The van der Waals surface area contributed by atoms with Crippen LogP contribution >= 0.6 is 0 Å². The summed E-state index contributed by atoms with van der Waals surface area (Å²) in [6.07, 6.45) is 2.02. The van der Waals surface area contributed by atoms with Crippen molar-refractivity contribution in [3.63, 3.8) is 0 Å². The molecule has 0 aliphatic heterocycles. The molecule has 0 aliphatic carbocycles. The van der Waals surface area contributed by atoms with E-state index in [1.807, 2.05) is 19.9 Å². The predicted octanol–water partition coefficient (Wildman–Crippen LogP) is 2.57. The van der Waals surface area contributed by atoms with Crippen LogP contribution in [0.4, 0.5) is 0 Å². The molecule has 0 aliphatic rings. The van der Waals surface area contributed by atoms with Crippen molar-refractivity contribution in [2.75, 3.05) is 13.2 Å². The van der Waals surface area contributed by atoms with Crippen LogP contribution in [-0.4, -0.2) is 37.0 Å². The fourth-order valence-electron chi connectivity index (χ4n) is 2.35. The Bertz CT molecular complexity index is 618. The fourth-order valence-corrected chi connectivity index (χ4v) is 4.16. The predicted molar refractivity (Wildman–Crippen MR) is 90.0 cm³/mol. The Labute approximate surface area is 139 Å². The molecule has 1 N–H and O–H groups in total. The number of aliphatic hydroxyl groups excluding tert-OH is 1. The third-order valence-corrected chi connectivity index (χ3v) is 5.47. The number of sulfonamides is 1. The van der Waals surface area contributed by atoms with E-state index in [1.54, 1.807) is 0 Å². The van der Waals surface area contributed by atoms with E-state index in [2.05, 4.69) is 6.92 Å². The largest absolute Gasteiger partial charge is 0.395 e. The van der Waals surface area contributed by atoms with Gasteiger partial charge in [-0.3, -0.25) is 0 Å². The number of nitriles is 1. The van der Waals surface area contributed by atoms with Crippen LogP contribution in [-0.2, 0) is 10.0 Å². The Morgan fingerprint density at radius 1 is 1.30 bits per heavy atom. The maximum absolute atomic E-state index is 12.9. The summed E-state index contributed by atoms with van der Waals surface area (Å²) in [5, 5.41) is 18.5. The normalized spacial score (nSPS) is 13.3. The van der Waals surface area contributed by atoms with Crippen LogP contribution in [0, 0.1) is 24.2 Å². The van der Waals surface area contributed by atoms with Crippen LogP contribution in [0.3, 0.4) is 0 Å². The van der Waals surface area contributed by atoms with E-state index in [1.165, 1.54) is 28.6 Å². The molecule has 0 spiro atoms. The van der Waals surface area contributed by atoms with Crippen molar-refractivity contribution < 1.29 is 13.5 Å². The topological polar surface area (TPSA) is 81.4 Å². The summed E-state index contributed by atoms with van der Waals surface area (Å²) < 4.78 is 27.3. The van der Waals surface area contributed by atoms with Crippen molar-refractivity contribution in [3.8, 4) is 6.07 Å². The third kappa shape index (κ3) is 5.31. The minimum atomic E-state index is -3.72. The zero-order chi connectivity index (χ0) is 17.5. The highest BCUT2D eigenvalue weighted by atomic mass is 32.2. The first-order chi connectivity index (χ1) is 10.9. The number of rotatable bonds is 9. The first-order valence-corrected chi connectivity index (χ1v) is 9.23. The molecular weight excluding hydrogens is 312 g/mol. The lowest BCUT2D eigenvalue weighted by Gasteiger charge is -2.31. The van der Waals surface area contributed by atoms with Gasteiger partial charge >= 0.3 is 0 Å². The summed E-state index contributed by atoms with van der Waals surface area (Å²) in [5.74, 6) is 0.136. The Morgan fingerprint density at radius 2 is 1.91 bits per heavy atom. The highest BCUT2D eigenvalue weighted by Crippen LogP contribution is 2.22. The van der Waals surface area contributed by atoms with Gasteiger partial charge in [-0.15, -0.1) is 0 Å². The lowest BCUT2D eigenvalue weighted by Crippen LogP contribution is -2.44. The Kier molecular flexibility index (Phi) is 7.69. The molecule has 0 saturated heterocycles. The van der Waals surface area contributed by atoms with Crippen LogP contribution in [0.25, 0.3) is 0 Å². The SMILES string of the molecule is [CH2]CCCC(CO)N(CC(C)C)S(=O)(=O)c1ccc(C#N)cc1. The second kappa shape index (κ2) is 9.02. The van der Waals surface area contributed by atoms with Gasteiger partial charge in [0.15, 0.2) is 0 Å². The van der Waals surface area contributed by atoms with Crippen molar-refractivity contribution in [2.24, 2.45) is 5.92 Å². The number of benzene rings is 1. The van der Waals surface area contributed by atoms with Gasteiger partial charge in [0.2, 0.25) is 10.0 Å². The minimum absolute atomic E-state index is 0.136. The molecule has 1 rings (SSSR count). The molecule has 0 aromatic heterocycles. The molecule has 6 heteroatoms. The first-order valence-electron chi connectivity index (χ1n) is 7.79. The molecule has 0 saturated carbocycles. The van der Waals surface area contributed by atoms with Gasteiger partial charge in [-0.2, -0.15) is 9.57 Å². The van der Waals surface area contributed by atoms with Crippen molar-refractivity contribution in [3.05, 3.63) is 36.8 Å². The summed E-state index contributed by atoms with van der Waals surface area (Å²) in [4.78, 5) is 0.144. The molecule has 1 aromatic carbocycles. The molecule has 0 bridgehead atoms. The highest BCUT2D eigenvalue weighted by molar-refractivity contribution is 7.89. The molecule has 1 atom stereocenters. The number of unbranched alkanes of at least 4 members (excludes halogenated alkanes) is 1. The van der Waals surface area contributed by atoms with Gasteiger partial charge in [-0.1, -0.05) is 33.6 Å². The Balaban J connectivity index is 3.18. The summed E-state index contributed by atoms with van der Waals surface area (Å²) in [5.41, 5.74) is 0.412. The zero-order valence-electron chi connectivity index (χ0n) is 13.8. The molecule has 23 heavy (non-hydrogen) atoms. The van der Waals surface area contributed by atoms with Gasteiger partial charge in [0.1, 0.15) is 0 Å². The van der Waals surface area contributed by atoms with E-state index < -0.39 is 16.1 Å². The number of nitrogens with zero attached hydrogens (tertiary/aromatic N) is 2. The van der Waals surface area contributed by atoms with E-state index in [0.717, 1.165) is 6.42 Å². The average Bonchev–Trinajstić information content (AvgIpc) is 2.54. The van der Waals surface area contributed by atoms with Gasteiger partial charge < -0.3 is 5.11 Å². The Hall–Kier alpha value is -1.42. The molecule has 1 aromatic rings. The van der Waals surface area contributed by atoms with E-state index in [4.69, 9.17) is 5.26 Å². The lowest BCUT2D eigenvalue weighted by molar-refractivity contribution is 0.168. The van der Waals surface area contributed by atoms with E-state index in [0.29, 0.717) is 24.9 Å². The molecular formula is C17H25N2O3S. The minimum Gasteiger partial charge on any atom is -0.395 e. The molecule has 0 heterocycles. The summed E-state index contributed by atoms with van der Waals surface area (Å²) in [6, 6.07) is 7.38. The number of hydrogen-bond donors (Lipinski definition) is 1. The highest BCUT2D eigenvalue weighted by Gasteiger charge is 2.31. The molecule has 1 radical (unpaired) electrons. The average molecular weight is 337 g/mol. The molecule has 0 amide bonds. The summed E-state index contributed by atoms with van der Waals surface area (Å²) in [6.45, 7) is 7.77. The fraction of sp³-hybridized carbons (Fsp3) is 0.529. The maximum atomic E-state index is 12.9. The molecule has 127 valence electrons. The van der Waals surface area contributed by atoms with Crippen molar-refractivity contribution in [1.29, 1.82) is 5.26 Å². The summed E-state index contributed by atoms with van der Waals surface area (Å²) in [7, 11) is -3.72. The van der Waals surface area contributed by atoms with Crippen molar-refractivity contribution in [2.45, 2.75) is 44.0 Å². The second-order valence-electron chi connectivity index (χ2n) is 5.94. The van der Waals surface area contributed by atoms with Gasteiger partial charge in [0.25, 0.3) is 0 Å². The lowest BCUT2D eigenvalue weighted by atomic mass is 10.1. The number of aliphatic hydroxyl groups is 1. The van der Waals surface area contributed by atoms with Crippen LogP contribution in [0.15, 0.2) is 29.2 Å². The van der Waals surface area contributed by atoms with Gasteiger partial charge in [-0.05, 0) is 36.6 Å². The van der Waals surface area contributed by atoms with Crippen LogP contribution in [0.5, 0.6) is 0 Å². The van der Waals surface area contributed by atoms with Crippen LogP contribution in [0.1, 0.15) is 38.7 Å². The van der Waals surface area contributed by atoms with Gasteiger partial charge in [0.05, 0.1) is 23.1 Å². The molecule has 5 nitrogen and oxygen atoms in total. The van der Waals surface area contributed by atoms with Crippen molar-refractivity contribution in [1.82, 2.24) is 4.31 Å². The number of hydrogen-bond acceptors (Lipinski definition) is 4. The van der Waals surface area contributed by atoms with Crippen LogP contribution in [0.2, 0.25) is 0 Å². The standard InChI is InChI=1S/C17H25N2O3S/c1-4-5-6-16(13-20)19(12-14(2)3)23(21,22)17-9-7-15(11-18)8-10-17/h7-10,14,16,20H,1,4-6,12-13H2,2-3H3. The molecule has 0 fully saturated rings. The second-order valence-corrected chi connectivity index (χ2v) is 7.83. The van der Waals surface area contributed by atoms with E-state index in [-0.39, 0.29) is 17.4 Å². The van der Waals surface area contributed by atoms with Crippen molar-refractivity contribution >= 4 is 10.0 Å². The monoisotopic (exact) mass is 337 g/mol. The maximum Gasteiger partial charge on any atom is 0.243 e. The third-order valence-electron chi connectivity index (χ3n) is 3.54. The van der Waals surface area contributed by atoms with E-state index in [9.17, 15) is 13.5 Å². The molecule has 1 unspecified atom stereocenters.